The largest absolute Gasteiger partial charge is 0.375 e. The fraction of sp³-hybridized carbons (Fsp3) is 0.667. The molecule has 0 radical (unpaired) electrons. The fourth-order valence-electron chi connectivity index (χ4n) is 1.85. The molecule has 1 aromatic heterocycles. The number of ether oxygens (including phenoxy) is 1. The second-order valence-corrected chi connectivity index (χ2v) is 3.78. The molecule has 0 amide bonds. The van der Waals surface area contributed by atoms with Crippen LogP contribution in [0.2, 0.25) is 0 Å². The normalized spacial score (nSPS) is 21.5. The van der Waals surface area contributed by atoms with Crippen molar-refractivity contribution in [1.82, 2.24) is 9.78 Å². The van der Waals surface area contributed by atoms with Crippen molar-refractivity contribution in [3.05, 3.63) is 21.6 Å². The predicted octanol–water partition coefficient (Wildman–Crippen LogP) is 0.584. The van der Waals surface area contributed by atoms with Gasteiger partial charge in [-0.3, -0.25) is 9.89 Å². The van der Waals surface area contributed by atoms with Crippen molar-refractivity contribution in [1.29, 1.82) is 0 Å². The molecule has 0 atom stereocenters. The molecule has 1 fully saturated rings. The molecule has 2 aliphatic rings. The summed E-state index contributed by atoms with van der Waals surface area (Å²) in [6.45, 7) is 1.26. The lowest BCUT2D eigenvalue weighted by Crippen LogP contribution is -2.20. The van der Waals surface area contributed by atoms with E-state index in [0.29, 0.717) is 19.3 Å². The molecule has 0 unspecified atom stereocenters. The van der Waals surface area contributed by atoms with Crippen LogP contribution in [0.15, 0.2) is 4.79 Å². The summed E-state index contributed by atoms with van der Waals surface area (Å²) in [5.41, 5.74) is 2.11. The molecule has 2 heterocycles. The summed E-state index contributed by atoms with van der Waals surface area (Å²) in [7, 11) is 0. The molecular weight excluding hydrogens is 168 g/mol. The van der Waals surface area contributed by atoms with E-state index in [2.05, 4.69) is 5.10 Å². The molecule has 0 aromatic carbocycles. The second-order valence-electron chi connectivity index (χ2n) is 3.78. The van der Waals surface area contributed by atoms with E-state index >= 15 is 0 Å². The van der Waals surface area contributed by atoms with Gasteiger partial charge in [0.15, 0.2) is 0 Å². The molecule has 1 aromatic rings. The van der Waals surface area contributed by atoms with Crippen LogP contribution in [0, 0.1) is 0 Å². The van der Waals surface area contributed by atoms with E-state index in [9.17, 15) is 4.79 Å². The first-order valence-corrected chi connectivity index (χ1v) is 4.76. The number of hydrogen-bond donors (Lipinski definition) is 1. The van der Waals surface area contributed by atoms with Crippen LogP contribution in [0.4, 0.5) is 0 Å². The number of rotatable bonds is 1. The zero-order valence-corrected chi connectivity index (χ0v) is 7.38. The van der Waals surface area contributed by atoms with Crippen LogP contribution >= 0.6 is 0 Å². The number of nitrogens with zero attached hydrogens (tertiary/aromatic N) is 1. The van der Waals surface area contributed by atoms with Crippen molar-refractivity contribution in [2.75, 3.05) is 6.61 Å². The maximum atomic E-state index is 11.8. The highest BCUT2D eigenvalue weighted by molar-refractivity contribution is 5.19. The van der Waals surface area contributed by atoms with E-state index < -0.39 is 0 Å². The van der Waals surface area contributed by atoms with Crippen LogP contribution in [-0.2, 0) is 17.8 Å². The lowest BCUT2D eigenvalue weighted by atomic mass is 10.1. The number of nitrogens with one attached hydrogen (secondary N) is 1. The lowest BCUT2D eigenvalue weighted by Gasteiger charge is -2.08. The van der Waals surface area contributed by atoms with E-state index in [1.165, 1.54) is 0 Å². The average molecular weight is 180 g/mol. The SMILES string of the molecule is O=c1c2c([nH]n1C1CC1)COCC2. The summed E-state index contributed by atoms with van der Waals surface area (Å²) in [5.74, 6) is 0. The van der Waals surface area contributed by atoms with E-state index in [1.54, 1.807) is 4.68 Å². The summed E-state index contributed by atoms with van der Waals surface area (Å²) in [6.07, 6.45) is 3.05. The number of H-pyrrole nitrogens is 1. The Morgan fingerprint density at radius 2 is 2.31 bits per heavy atom. The van der Waals surface area contributed by atoms with Crippen molar-refractivity contribution in [2.45, 2.75) is 31.9 Å². The van der Waals surface area contributed by atoms with Gasteiger partial charge in [-0.05, 0) is 12.8 Å². The van der Waals surface area contributed by atoms with E-state index in [-0.39, 0.29) is 5.56 Å². The molecule has 70 valence electrons. The Morgan fingerprint density at radius 3 is 3.00 bits per heavy atom. The van der Waals surface area contributed by atoms with E-state index in [4.69, 9.17) is 4.74 Å². The van der Waals surface area contributed by atoms with E-state index in [1.807, 2.05) is 0 Å². The zero-order valence-electron chi connectivity index (χ0n) is 7.38. The number of hydrogen-bond acceptors (Lipinski definition) is 2. The van der Waals surface area contributed by atoms with Crippen LogP contribution < -0.4 is 5.56 Å². The molecule has 0 saturated heterocycles. The van der Waals surface area contributed by atoms with Gasteiger partial charge in [0.05, 0.1) is 24.9 Å². The highest BCUT2D eigenvalue weighted by Gasteiger charge is 2.28. The van der Waals surface area contributed by atoms with Crippen LogP contribution in [-0.4, -0.2) is 16.4 Å². The number of aromatic nitrogens is 2. The third-order valence-electron chi connectivity index (χ3n) is 2.75. The number of aromatic amines is 1. The molecule has 1 aliphatic heterocycles. The summed E-state index contributed by atoms with van der Waals surface area (Å²) in [4.78, 5) is 11.8. The predicted molar refractivity (Wildman–Crippen MR) is 46.7 cm³/mol. The molecule has 0 spiro atoms. The second kappa shape index (κ2) is 2.48. The Kier molecular flexibility index (Phi) is 1.41. The van der Waals surface area contributed by atoms with Crippen molar-refractivity contribution in [2.24, 2.45) is 0 Å². The van der Waals surface area contributed by atoms with Crippen molar-refractivity contribution in [3.63, 3.8) is 0 Å². The minimum absolute atomic E-state index is 0.181. The van der Waals surface area contributed by atoms with Gasteiger partial charge in [-0.25, -0.2) is 4.68 Å². The highest BCUT2D eigenvalue weighted by atomic mass is 16.5. The standard InChI is InChI=1S/C9H12N2O2/c12-9-7-3-4-13-5-8(7)10-11(9)6-1-2-6/h6,10H,1-5H2. The van der Waals surface area contributed by atoms with Gasteiger partial charge in [0.2, 0.25) is 0 Å². The quantitative estimate of drug-likeness (QED) is 0.687. The van der Waals surface area contributed by atoms with Crippen molar-refractivity contribution in [3.8, 4) is 0 Å². The summed E-state index contributed by atoms with van der Waals surface area (Å²) < 4.78 is 7.06. The van der Waals surface area contributed by atoms with Crippen LogP contribution in [0.1, 0.15) is 30.1 Å². The fourth-order valence-corrected chi connectivity index (χ4v) is 1.85. The molecule has 3 rings (SSSR count). The number of fused-ring (bicyclic) bond motifs is 1. The third kappa shape index (κ3) is 1.05. The summed E-state index contributed by atoms with van der Waals surface area (Å²) >= 11 is 0. The molecule has 1 aliphatic carbocycles. The monoisotopic (exact) mass is 180 g/mol. The van der Waals surface area contributed by atoms with Gasteiger partial charge in [0.1, 0.15) is 0 Å². The zero-order chi connectivity index (χ0) is 8.84. The molecule has 1 N–H and O–H groups in total. The Balaban J connectivity index is 2.12. The highest BCUT2D eigenvalue weighted by Crippen LogP contribution is 2.33. The average Bonchev–Trinajstić information content (AvgIpc) is 2.94. The molecule has 13 heavy (non-hydrogen) atoms. The lowest BCUT2D eigenvalue weighted by molar-refractivity contribution is 0.108. The third-order valence-corrected chi connectivity index (χ3v) is 2.75. The summed E-state index contributed by atoms with van der Waals surface area (Å²) in [5, 5.41) is 3.14. The van der Waals surface area contributed by atoms with Gasteiger partial charge in [0.25, 0.3) is 5.56 Å². The maximum absolute atomic E-state index is 11.8. The first kappa shape index (κ1) is 7.38. The Labute approximate surface area is 75.5 Å². The van der Waals surface area contributed by atoms with Crippen LogP contribution in [0.25, 0.3) is 0 Å². The smallest absolute Gasteiger partial charge is 0.270 e. The Bertz CT molecular complexity index is 387. The van der Waals surface area contributed by atoms with E-state index in [0.717, 1.165) is 30.5 Å². The van der Waals surface area contributed by atoms with Crippen molar-refractivity contribution < 1.29 is 4.74 Å². The van der Waals surface area contributed by atoms with Gasteiger partial charge in [-0.1, -0.05) is 0 Å². The minimum atomic E-state index is 0.181. The molecule has 4 heteroatoms. The minimum Gasteiger partial charge on any atom is -0.375 e. The van der Waals surface area contributed by atoms with Gasteiger partial charge >= 0.3 is 0 Å². The van der Waals surface area contributed by atoms with Gasteiger partial charge in [0, 0.05) is 12.0 Å². The molecule has 4 nitrogen and oxygen atoms in total. The van der Waals surface area contributed by atoms with Gasteiger partial charge < -0.3 is 4.74 Å². The molecule has 0 bridgehead atoms. The molecule has 1 saturated carbocycles. The first-order chi connectivity index (χ1) is 6.36. The van der Waals surface area contributed by atoms with Crippen LogP contribution in [0.3, 0.4) is 0 Å². The van der Waals surface area contributed by atoms with Gasteiger partial charge in [-0.2, -0.15) is 0 Å². The van der Waals surface area contributed by atoms with Crippen LogP contribution in [0.5, 0.6) is 0 Å². The Hall–Kier alpha value is -1.03. The molecular formula is C9H12N2O2. The van der Waals surface area contributed by atoms with Gasteiger partial charge in [-0.15, -0.1) is 0 Å². The Morgan fingerprint density at radius 1 is 1.46 bits per heavy atom. The maximum Gasteiger partial charge on any atom is 0.270 e. The van der Waals surface area contributed by atoms with Crippen molar-refractivity contribution >= 4 is 0 Å². The first-order valence-electron chi connectivity index (χ1n) is 4.76. The summed E-state index contributed by atoms with van der Waals surface area (Å²) in [6, 6.07) is 0.443. The topological polar surface area (TPSA) is 47.0 Å².